The molecule has 1 amide bonds. The van der Waals surface area contributed by atoms with Crippen LogP contribution in [0.15, 0.2) is 109 Å². The van der Waals surface area contributed by atoms with Crippen molar-refractivity contribution in [2.24, 2.45) is 0 Å². The molecule has 1 aliphatic rings. The number of nitrogens with zero attached hydrogens (tertiary/aromatic N) is 3. The van der Waals surface area contributed by atoms with Crippen molar-refractivity contribution in [3.63, 3.8) is 0 Å². The minimum atomic E-state index is -0.158. The zero-order valence-corrected chi connectivity index (χ0v) is 21.9. The molecule has 3 aromatic carbocycles. The predicted octanol–water partition coefficient (Wildman–Crippen LogP) is 7.07. The van der Waals surface area contributed by atoms with Crippen molar-refractivity contribution in [1.82, 2.24) is 14.7 Å². The number of hydrogen-bond donors (Lipinski definition) is 0. The van der Waals surface area contributed by atoms with Crippen molar-refractivity contribution < 1.29 is 9.53 Å². The molecule has 7 heteroatoms. The Morgan fingerprint density at radius 2 is 1.70 bits per heavy atom. The van der Waals surface area contributed by atoms with E-state index in [4.69, 9.17) is 22.1 Å². The smallest absolute Gasteiger partial charge is 0.266 e. The molecular weight excluding hydrogens is 498 g/mol. The highest BCUT2D eigenvalue weighted by Crippen LogP contribution is 2.39. The summed E-state index contributed by atoms with van der Waals surface area (Å²) in [6, 6.07) is 27.4. The number of benzene rings is 3. The fourth-order valence-corrected chi connectivity index (χ4v) is 5.54. The van der Waals surface area contributed by atoms with Crippen molar-refractivity contribution in [1.29, 1.82) is 0 Å². The van der Waals surface area contributed by atoms with Gasteiger partial charge in [-0.25, -0.2) is 4.68 Å². The number of ether oxygens (including phenoxy) is 1. The van der Waals surface area contributed by atoms with Crippen molar-refractivity contribution >= 4 is 40.3 Å². The maximum absolute atomic E-state index is 13.5. The number of carbonyl (C=O) groups excluding carboxylic acids is 1. The van der Waals surface area contributed by atoms with Crippen molar-refractivity contribution in [3.05, 3.63) is 120 Å². The first-order valence-electron chi connectivity index (χ1n) is 11.9. The summed E-state index contributed by atoms with van der Waals surface area (Å²) in [5.74, 6) is 0.654. The van der Waals surface area contributed by atoms with Gasteiger partial charge in [-0.1, -0.05) is 85.2 Å². The van der Waals surface area contributed by atoms with Gasteiger partial charge in [0.15, 0.2) is 0 Å². The minimum Gasteiger partial charge on any atom is -0.490 e. The quantitative estimate of drug-likeness (QED) is 0.140. The average molecular weight is 524 g/mol. The summed E-state index contributed by atoms with van der Waals surface area (Å²) in [7, 11) is 0. The fourth-order valence-electron chi connectivity index (χ4n) is 4.13. The van der Waals surface area contributed by atoms with Gasteiger partial charge in [-0.3, -0.25) is 9.69 Å². The molecule has 0 unspecified atom stereocenters. The van der Waals surface area contributed by atoms with Gasteiger partial charge in [-0.2, -0.15) is 5.10 Å². The maximum Gasteiger partial charge on any atom is 0.266 e. The number of amides is 1. The van der Waals surface area contributed by atoms with Crippen LogP contribution in [0.3, 0.4) is 0 Å². The van der Waals surface area contributed by atoms with Crippen LogP contribution in [0.2, 0.25) is 0 Å². The van der Waals surface area contributed by atoms with E-state index in [0.29, 0.717) is 15.8 Å². The van der Waals surface area contributed by atoms with Gasteiger partial charge in [-0.05, 0) is 55.0 Å². The van der Waals surface area contributed by atoms with E-state index in [2.05, 4.69) is 6.58 Å². The highest BCUT2D eigenvalue weighted by Gasteiger charge is 2.36. The molecule has 1 fully saturated rings. The molecule has 0 spiro atoms. The zero-order valence-electron chi connectivity index (χ0n) is 20.3. The molecule has 184 valence electrons. The Morgan fingerprint density at radius 3 is 2.38 bits per heavy atom. The highest BCUT2D eigenvalue weighted by atomic mass is 32.2. The Balaban J connectivity index is 1.51. The third-order valence-electron chi connectivity index (χ3n) is 6.04. The number of thiocarbonyl (C=S) groups is 1. The van der Waals surface area contributed by atoms with E-state index >= 15 is 0 Å². The standard InChI is InChI=1S/C30H25N3O2S2/c1-3-18-35-26-16-14-23(15-17-26)28-24(20-32(31-28)25-12-8-5-9-13-25)19-27-29(34)33(30(36)37-27)21(2)22-10-6-4-7-11-22/h3-17,19-21H,1,18H2,2H3/b27-19+/t21-/m0/s1. The molecule has 1 atom stereocenters. The van der Waals surface area contributed by atoms with Crippen LogP contribution in [0.4, 0.5) is 0 Å². The fraction of sp³-hybridized carbons (Fsp3) is 0.100. The van der Waals surface area contributed by atoms with Gasteiger partial charge in [0.25, 0.3) is 5.91 Å². The van der Waals surface area contributed by atoms with E-state index in [1.165, 1.54) is 11.8 Å². The molecule has 0 bridgehead atoms. The monoisotopic (exact) mass is 523 g/mol. The topological polar surface area (TPSA) is 47.4 Å². The van der Waals surface area contributed by atoms with E-state index < -0.39 is 0 Å². The lowest BCUT2D eigenvalue weighted by Crippen LogP contribution is -2.30. The molecule has 5 rings (SSSR count). The van der Waals surface area contributed by atoms with Crippen LogP contribution in [0.5, 0.6) is 5.75 Å². The van der Waals surface area contributed by atoms with Gasteiger partial charge in [0.2, 0.25) is 0 Å². The Kier molecular flexibility index (Phi) is 7.35. The molecule has 1 aliphatic heterocycles. The van der Waals surface area contributed by atoms with Crippen molar-refractivity contribution in [3.8, 4) is 22.7 Å². The van der Waals surface area contributed by atoms with E-state index in [0.717, 1.165) is 33.8 Å². The van der Waals surface area contributed by atoms with Gasteiger partial charge in [0.05, 0.1) is 22.3 Å². The zero-order chi connectivity index (χ0) is 25.8. The van der Waals surface area contributed by atoms with E-state index in [1.807, 2.05) is 109 Å². The van der Waals surface area contributed by atoms with Crippen LogP contribution >= 0.6 is 24.0 Å². The molecule has 5 nitrogen and oxygen atoms in total. The van der Waals surface area contributed by atoms with Crippen molar-refractivity contribution in [2.45, 2.75) is 13.0 Å². The van der Waals surface area contributed by atoms with E-state index in [1.54, 1.807) is 11.0 Å². The van der Waals surface area contributed by atoms with E-state index in [-0.39, 0.29) is 11.9 Å². The molecule has 1 aromatic heterocycles. The summed E-state index contributed by atoms with van der Waals surface area (Å²) in [6.45, 7) is 6.13. The van der Waals surface area contributed by atoms with E-state index in [9.17, 15) is 4.79 Å². The maximum atomic E-state index is 13.5. The lowest BCUT2D eigenvalue weighted by molar-refractivity contribution is -0.123. The van der Waals surface area contributed by atoms with Gasteiger partial charge >= 0.3 is 0 Å². The second-order valence-corrected chi connectivity index (χ2v) is 10.2. The first-order valence-corrected chi connectivity index (χ1v) is 13.1. The molecule has 4 aromatic rings. The van der Waals surface area contributed by atoms with Crippen LogP contribution < -0.4 is 4.74 Å². The SMILES string of the molecule is C=CCOc1ccc(-c2nn(-c3ccccc3)cc2/C=C2/SC(=S)N([C@@H](C)c3ccccc3)C2=O)cc1. The number of rotatable bonds is 8. The molecular formula is C30H25N3O2S2. The number of aromatic nitrogens is 2. The number of carbonyl (C=O) groups is 1. The normalized spacial score (nSPS) is 15.3. The molecule has 0 radical (unpaired) electrons. The summed E-state index contributed by atoms with van der Waals surface area (Å²) < 4.78 is 8.01. The third-order valence-corrected chi connectivity index (χ3v) is 7.37. The van der Waals surface area contributed by atoms with Gasteiger partial charge in [0, 0.05) is 17.3 Å². The summed E-state index contributed by atoms with van der Waals surface area (Å²) >= 11 is 6.95. The lowest BCUT2D eigenvalue weighted by Gasteiger charge is -2.23. The second-order valence-electron chi connectivity index (χ2n) is 8.48. The predicted molar refractivity (Wildman–Crippen MR) is 155 cm³/mol. The van der Waals surface area contributed by atoms with Gasteiger partial charge in [0.1, 0.15) is 16.7 Å². The summed E-state index contributed by atoms with van der Waals surface area (Å²) in [5.41, 5.74) is 4.48. The molecule has 0 aliphatic carbocycles. The summed E-state index contributed by atoms with van der Waals surface area (Å²) in [6.07, 6.45) is 5.54. The minimum absolute atomic E-state index is 0.0991. The van der Waals surface area contributed by atoms with Crippen LogP contribution in [0, 0.1) is 0 Å². The Bertz CT molecular complexity index is 1460. The number of hydrogen-bond acceptors (Lipinski definition) is 5. The molecule has 37 heavy (non-hydrogen) atoms. The number of thioether (sulfide) groups is 1. The van der Waals surface area contributed by atoms with Crippen molar-refractivity contribution in [2.75, 3.05) is 6.61 Å². The van der Waals surface area contributed by atoms with Gasteiger partial charge < -0.3 is 4.74 Å². The molecule has 2 heterocycles. The highest BCUT2D eigenvalue weighted by molar-refractivity contribution is 8.26. The Hall–Kier alpha value is -3.94. The molecule has 0 N–H and O–H groups in total. The number of para-hydroxylation sites is 1. The van der Waals surface area contributed by atoms with Gasteiger partial charge in [-0.15, -0.1) is 0 Å². The molecule has 1 saturated heterocycles. The molecule has 0 saturated carbocycles. The third kappa shape index (κ3) is 5.28. The van der Waals surface area contributed by atoms with Crippen LogP contribution in [-0.2, 0) is 4.79 Å². The summed E-state index contributed by atoms with van der Waals surface area (Å²) in [5, 5.41) is 4.88. The van der Waals surface area contributed by atoms with Crippen LogP contribution in [-0.4, -0.2) is 31.5 Å². The first-order chi connectivity index (χ1) is 18.0. The summed E-state index contributed by atoms with van der Waals surface area (Å²) in [4.78, 5) is 15.8. The second kappa shape index (κ2) is 11.0. The largest absolute Gasteiger partial charge is 0.490 e. The van der Waals surface area contributed by atoms with Crippen LogP contribution in [0.25, 0.3) is 23.0 Å². The average Bonchev–Trinajstić information content (AvgIpc) is 3.48. The first kappa shape index (κ1) is 24.7. The lowest BCUT2D eigenvalue weighted by atomic mass is 10.1. The Morgan fingerprint density at radius 1 is 1.03 bits per heavy atom. The van der Waals surface area contributed by atoms with Crippen LogP contribution in [0.1, 0.15) is 24.1 Å². The Labute approximate surface area is 226 Å².